The fraction of sp³-hybridized carbons (Fsp3) is 0.105. The molecule has 1 aliphatic heterocycles. The lowest BCUT2D eigenvalue weighted by atomic mass is 10.2. The number of rotatable bonds is 3. The van der Waals surface area contributed by atoms with Crippen LogP contribution < -0.4 is 4.90 Å². The third kappa shape index (κ3) is 2.61. The molecule has 0 bridgehead atoms. The second-order valence-electron chi connectivity index (χ2n) is 5.85. The molecule has 1 aromatic heterocycles. The van der Waals surface area contributed by atoms with E-state index in [1.54, 1.807) is 30.6 Å². The van der Waals surface area contributed by atoms with Gasteiger partial charge in [0.1, 0.15) is 0 Å². The number of nitrogens with zero attached hydrogens (tertiary/aromatic N) is 4. The maximum atomic E-state index is 13.2. The van der Waals surface area contributed by atoms with Crippen molar-refractivity contribution in [3.8, 4) is 6.07 Å². The maximum absolute atomic E-state index is 13.2. The molecular weight excluding hydrogens is 348 g/mol. The first-order chi connectivity index (χ1) is 12.6. The van der Waals surface area contributed by atoms with Gasteiger partial charge in [-0.3, -0.25) is 0 Å². The summed E-state index contributed by atoms with van der Waals surface area (Å²) in [6, 6.07) is 14.9. The van der Waals surface area contributed by atoms with E-state index in [1.807, 2.05) is 17.0 Å². The van der Waals surface area contributed by atoms with Crippen LogP contribution in [0, 0.1) is 11.3 Å². The van der Waals surface area contributed by atoms with Gasteiger partial charge in [-0.15, -0.1) is 0 Å². The van der Waals surface area contributed by atoms with E-state index in [0.717, 1.165) is 12.0 Å². The summed E-state index contributed by atoms with van der Waals surface area (Å²) in [4.78, 5) is 10.7. The second kappa shape index (κ2) is 6.24. The zero-order valence-corrected chi connectivity index (χ0v) is 14.5. The smallest absolute Gasteiger partial charge is 0.229 e. The molecule has 7 heteroatoms. The van der Waals surface area contributed by atoms with E-state index >= 15 is 0 Å². The van der Waals surface area contributed by atoms with Crippen LogP contribution in [-0.4, -0.2) is 24.9 Å². The monoisotopic (exact) mass is 362 g/mol. The van der Waals surface area contributed by atoms with Gasteiger partial charge in [0, 0.05) is 18.9 Å². The molecule has 3 aromatic rings. The largest absolute Gasteiger partial charge is 0.309 e. The number of fused-ring (bicyclic) bond motifs is 1. The van der Waals surface area contributed by atoms with Crippen LogP contribution in [0.4, 0.5) is 11.6 Å². The number of para-hydroxylation sites is 1. The Hall–Kier alpha value is -3.24. The van der Waals surface area contributed by atoms with Crippen molar-refractivity contribution in [1.82, 2.24) is 9.97 Å². The highest BCUT2D eigenvalue weighted by Gasteiger charge is 2.31. The fourth-order valence-corrected chi connectivity index (χ4v) is 4.60. The number of aromatic nitrogens is 2. The van der Waals surface area contributed by atoms with Crippen LogP contribution in [0.2, 0.25) is 0 Å². The third-order valence-electron chi connectivity index (χ3n) is 4.33. The van der Waals surface area contributed by atoms with E-state index in [4.69, 9.17) is 5.26 Å². The SMILES string of the molecule is N#Cc1ccc(S(=O)(=O)c2cccc3c2N(c2ncccn2)CC3)cc1. The van der Waals surface area contributed by atoms with Crippen LogP contribution in [0.3, 0.4) is 0 Å². The van der Waals surface area contributed by atoms with Crippen molar-refractivity contribution in [2.45, 2.75) is 16.2 Å². The fourth-order valence-electron chi connectivity index (χ4n) is 3.10. The molecule has 0 amide bonds. The average molecular weight is 362 g/mol. The number of benzene rings is 2. The van der Waals surface area contributed by atoms with Crippen molar-refractivity contribution < 1.29 is 8.42 Å². The van der Waals surface area contributed by atoms with E-state index in [2.05, 4.69) is 9.97 Å². The lowest BCUT2D eigenvalue weighted by Gasteiger charge is -2.20. The van der Waals surface area contributed by atoms with E-state index in [1.165, 1.54) is 24.3 Å². The van der Waals surface area contributed by atoms with Gasteiger partial charge in [0.2, 0.25) is 15.8 Å². The van der Waals surface area contributed by atoms with Gasteiger partial charge in [0.25, 0.3) is 0 Å². The normalized spacial score (nSPS) is 13.3. The first-order valence-corrected chi connectivity index (χ1v) is 9.51. The molecule has 26 heavy (non-hydrogen) atoms. The first kappa shape index (κ1) is 16.2. The Bertz CT molecular complexity index is 1100. The molecule has 0 atom stereocenters. The van der Waals surface area contributed by atoms with Gasteiger partial charge in [-0.25, -0.2) is 18.4 Å². The highest BCUT2D eigenvalue weighted by Crippen LogP contribution is 2.40. The summed E-state index contributed by atoms with van der Waals surface area (Å²) in [5, 5.41) is 8.92. The molecule has 2 aromatic carbocycles. The van der Waals surface area contributed by atoms with Crippen molar-refractivity contribution in [3.63, 3.8) is 0 Å². The first-order valence-electron chi connectivity index (χ1n) is 8.03. The molecule has 0 spiro atoms. The molecule has 128 valence electrons. The average Bonchev–Trinajstić information content (AvgIpc) is 3.13. The maximum Gasteiger partial charge on any atom is 0.229 e. The van der Waals surface area contributed by atoms with E-state index in [0.29, 0.717) is 23.7 Å². The van der Waals surface area contributed by atoms with Crippen LogP contribution in [-0.2, 0) is 16.3 Å². The van der Waals surface area contributed by atoms with Crippen LogP contribution in [0.25, 0.3) is 0 Å². The van der Waals surface area contributed by atoms with Crippen LogP contribution in [0.1, 0.15) is 11.1 Å². The number of hydrogen-bond donors (Lipinski definition) is 0. The number of hydrogen-bond acceptors (Lipinski definition) is 6. The second-order valence-corrected chi connectivity index (χ2v) is 7.77. The van der Waals surface area contributed by atoms with Gasteiger partial charge in [-0.1, -0.05) is 12.1 Å². The minimum atomic E-state index is -3.74. The summed E-state index contributed by atoms with van der Waals surface area (Å²) < 4.78 is 26.4. The van der Waals surface area contributed by atoms with Crippen molar-refractivity contribution in [2.75, 3.05) is 11.4 Å². The summed E-state index contributed by atoms with van der Waals surface area (Å²) in [5.41, 5.74) is 2.00. The van der Waals surface area contributed by atoms with E-state index in [-0.39, 0.29) is 9.79 Å². The summed E-state index contributed by atoms with van der Waals surface area (Å²) in [5.74, 6) is 0.480. The van der Waals surface area contributed by atoms with Gasteiger partial charge in [0.05, 0.1) is 27.1 Å². The lowest BCUT2D eigenvalue weighted by molar-refractivity contribution is 0.596. The molecular formula is C19H14N4O2S. The van der Waals surface area contributed by atoms with E-state index < -0.39 is 9.84 Å². The number of nitriles is 1. The Morgan fingerprint density at radius 3 is 2.42 bits per heavy atom. The Labute approximate surface area is 151 Å². The van der Waals surface area contributed by atoms with Gasteiger partial charge < -0.3 is 4.90 Å². The Balaban J connectivity index is 1.86. The highest BCUT2D eigenvalue weighted by atomic mass is 32.2. The van der Waals surface area contributed by atoms with E-state index in [9.17, 15) is 8.42 Å². The Kier molecular flexibility index (Phi) is 3.90. The molecule has 0 aliphatic carbocycles. The van der Waals surface area contributed by atoms with Crippen molar-refractivity contribution in [1.29, 1.82) is 5.26 Å². The lowest BCUT2D eigenvalue weighted by Crippen LogP contribution is -2.18. The minimum absolute atomic E-state index is 0.158. The highest BCUT2D eigenvalue weighted by molar-refractivity contribution is 7.91. The molecule has 2 heterocycles. The van der Waals surface area contributed by atoms with Gasteiger partial charge in [0.15, 0.2) is 0 Å². The molecule has 0 fully saturated rings. The van der Waals surface area contributed by atoms with Crippen LogP contribution in [0.15, 0.2) is 70.7 Å². The molecule has 4 rings (SSSR count). The molecule has 0 unspecified atom stereocenters. The van der Waals surface area contributed by atoms with Gasteiger partial charge in [-0.05, 0) is 48.4 Å². The zero-order valence-electron chi connectivity index (χ0n) is 13.7. The molecule has 0 N–H and O–H groups in total. The molecule has 0 saturated heterocycles. The van der Waals surface area contributed by atoms with Crippen LogP contribution >= 0.6 is 0 Å². The predicted molar refractivity (Wildman–Crippen MR) is 95.8 cm³/mol. The van der Waals surface area contributed by atoms with Crippen molar-refractivity contribution in [2.24, 2.45) is 0 Å². The van der Waals surface area contributed by atoms with Gasteiger partial charge >= 0.3 is 0 Å². The number of sulfone groups is 1. The predicted octanol–water partition coefficient (Wildman–Crippen LogP) is 2.88. The summed E-state index contributed by atoms with van der Waals surface area (Å²) in [6.45, 7) is 0.624. The number of anilines is 2. The Morgan fingerprint density at radius 1 is 1.00 bits per heavy atom. The van der Waals surface area contributed by atoms with Crippen LogP contribution in [0.5, 0.6) is 0 Å². The molecule has 0 saturated carbocycles. The van der Waals surface area contributed by atoms with Crippen molar-refractivity contribution in [3.05, 3.63) is 72.1 Å². The summed E-state index contributed by atoms with van der Waals surface area (Å²) in [6.07, 6.45) is 4.00. The summed E-state index contributed by atoms with van der Waals surface area (Å²) in [7, 11) is -3.74. The molecule has 6 nitrogen and oxygen atoms in total. The topological polar surface area (TPSA) is 87.0 Å². The zero-order chi connectivity index (χ0) is 18.1. The third-order valence-corrected chi connectivity index (χ3v) is 6.14. The minimum Gasteiger partial charge on any atom is -0.309 e. The molecule has 1 aliphatic rings. The van der Waals surface area contributed by atoms with Gasteiger partial charge in [-0.2, -0.15) is 5.26 Å². The molecule has 0 radical (unpaired) electrons. The Morgan fingerprint density at radius 2 is 1.73 bits per heavy atom. The standard InChI is InChI=1S/C19H14N4O2S/c20-13-14-5-7-16(8-6-14)26(24,25)17-4-1-3-15-9-12-23(18(15)17)19-21-10-2-11-22-19/h1-8,10-11H,9,12H2. The summed E-state index contributed by atoms with van der Waals surface area (Å²) >= 11 is 0. The quantitative estimate of drug-likeness (QED) is 0.712. The van der Waals surface area contributed by atoms with Crippen molar-refractivity contribution >= 4 is 21.5 Å².